The van der Waals surface area contributed by atoms with Crippen LogP contribution in [0.25, 0.3) is 0 Å². The number of halogens is 1. The summed E-state index contributed by atoms with van der Waals surface area (Å²) in [5, 5.41) is 3.22. The predicted molar refractivity (Wildman–Crippen MR) is 111 cm³/mol. The minimum atomic E-state index is -3.68. The van der Waals surface area contributed by atoms with Gasteiger partial charge in [-0.15, -0.1) is 0 Å². The fraction of sp³-hybridized carbons (Fsp3) is 0.650. The van der Waals surface area contributed by atoms with Crippen molar-refractivity contribution >= 4 is 27.5 Å². The summed E-state index contributed by atoms with van der Waals surface area (Å²) in [4.78, 5) is 15.2. The Hall–Kier alpha value is -1.15. The Balaban J connectivity index is 1.69. The lowest BCUT2D eigenvalue weighted by Crippen LogP contribution is -2.44. The molecule has 0 atom stereocenters. The first kappa shape index (κ1) is 21.6. The highest BCUT2D eigenvalue weighted by Gasteiger charge is 2.29. The Labute approximate surface area is 173 Å². The van der Waals surface area contributed by atoms with Crippen LogP contribution in [0.3, 0.4) is 0 Å². The second kappa shape index (κ2) is 9.57. The van der Waals surface area contributed by atoms with Gasteiger partial charge in [0.1, 0.15) is 4.90 Å². The number of rotatable bonds is 6. The van der Waals surface area contributed by atoms with Crippen LogP contribution in [0.5, 0.6) is 0 Å². The van der Waals surface area contributed by atoms with Crippen molar-refractivity contribution in [2.45, 2.75) is 56.4 Å². The van der Waals surface area contributed by atoms with Gasteiger partial charge in [0.25, 0.3) is 5.91 Å². The summed E-state index contributed by atoms with van der Waals surface area (Å²) in [5.74, 6) is -0.235. The predicted octanol–water partition coefficient (Wildman–Crippen LogP) is 3.12. The molecule has 0 radical (unpaired) electrons. The average Bonchev–Trinajstić information content (AvgIpc) is 2.70. The van der Waals surface area contributed by atoms with Crippen LogP contribution in [0.1, 0.15) is 55.8 Å². The third-order valence-electron chi connectivity index (χ3n) is 5.59. The highest BCUT2D eigenvalue weighted by atomic mass is 35.5. The maximum absolute atomic E-state index is 13.0. The number of nitrogens with one attached hydrogen (secondary N) is 1. The molecular weight excluding hydrogens is 398 g/mol. The monoisotopic (exact) mass is 427 g/mol. The smallest absolute Gasteiger partial charge is 0.251 e. The highest BCUT2D eigenvalue weighted by Crippen LogP contribution is 2.28. The van der Waals surface area contributed by atoms with Gasteiger partial charge in [0, 0.05) is 37.8 Å². The number of sulfonamides is 1. The molecule has 6 nitrogen and oxygen atoms in total. The third-order valence-corrected chi connectivity index (χ3v) is 7.97. The van der Waals surface area contributed by atoms with Crippen molar-refractivity contribution in [3.05, 3.63) is 28.8 Å². The Bertz CT molecular complexity index is 786. The molecule has 0 spiro atoms. The van der Waals surface area contributed by atoms with E-state index in [4.69, 9.17) is 11.6 Å². The van der Waals surface area contributed by atoms with Crippen molar-refractivity contribution in [2.24, 2.45) is 0 Å². The topological polar surface area (TPSA) is 69.7 Å². The molecule has 8 heteroatoms. The van der Waals surface area contributed by atoms with Gasteiger partial charge in [-0.05, 0) is 56.8 Å². The first-order valence-corrected chi connectivity index (χ1v) is 12.1. The minimum Gasteiger partial charge on any atom is -0.349 e. The van der Waals surface area contributed by atoms with Gasteiger partial charge in [-0.1, -0.05) is 24.9 Å². The summed E-state index contributed by atoms with van der Waals surface area (Å²) in [6.45, 7) is 6.23. The van der Waals surface area contributed by atoms with Crippen molar-refractivity contribution in [1.29, 1.82) is 0 Å². The van der Waals surface area contributed by atoms with E-state index in [1.165, 1.54) is 16.4 Å². The second-order valence-corrected chi connectivity index (χ2v) is 10.0. The standard InChI is InChI=1S/C20H30ClN3O3S/c1-2-10-23-13-8-17(9-14-23)22-20(25)16-6-7-18(21)19(15-16)28(26,27)24-11-4-3-5-12-24/h6-7,15,17H,2-5,8-14H2,1H3,(H,22,25). The van der Waals surface area contributed by atoms with Gasteiger partial charge in [-0.2, -0.15) is 4.31 Å². The number of carbonyl (C=O) groups is 1. The van der Waals surface area contributed by atoms with Crippen molar-refractivity contribution in [2.75, 3.05) is 32.7 Å². The summed E-state index contributed by atoms with van der Waals surface area (Å²) in [7, 11) is -3.68. The molecular formula is C20H30ClN3O3S. The van der Waals surface area contributed by atoms with E-state index in [9.17, 15) is 13.2 Å². The van der Waals surface area contributed by atoms with Crippen LogP contribution in [0.15, 0.2) is 23.1 Å². The quantitative estimate of drug-likeness (QED) is 0.757. The third kappa shape index (κ3) is 5.06. The first-order valence-electron chi connectivity index (χ1n) is 10.2. The summed E-state index contributed by atoms with van der Waals surface area (Å²) in [6, 6.07) is 4.66. The normalized spacial score (nSPS) is 20.2. The fourth-order valence-electron chi connectivity index (χ4n) is 3.97. The number of benzene rings is 1. The van der Waals surface area contributed by atoms with E-state index in [0.29, 0.717) is 18.7 Å². The fourth-order valence-corrected chi connectivity index (χ4v) is 5.99. The molecule has 0 bridgehead atoms. The molecule has 0 aliphatic carbocycles. The number of likely N-dealkylation sites (tertiary alicyclic amines) is 1. The zero-order valence-corrected chi connectivity index (χ0v) is 18.1. The SMILES string of the molecule is CCCN1CCC(NC(=O)c2ccc(Cl)c(S(=O)(=O)N3CCCCC3)c2)CC1. The number of carbonyl (C=O) groups excluding carboxylic acids is 1. The van der Waals surface area contributed by atoms with Gasteiger partial charge in [-0.25, -0.2) is 8.42 Å². The van der Waals surface area contributed by atoms with E-state index in [-0.39, 0.29) is 21.9 Å². The van der Waals surface area contributed by atoms with Gasteiger partial charge < -0.3 is 10.2 Å². The van der Waals surface area contributed by atoms with E-state index < -0.39 is 10.0 Å². The van der Waals surface area contributed by atoms with Gasteiger partial charge in [0.05, 0.1) is 5.02 Å². The van der Waals surface area contributed by atoms with Gasteiger partial charge >= 0.3 is 0 Å². The number of nitrogens with zero attached hydrogens (tertiary/aromatic N) is 2. The molecule has 1 amide bonds. The zero-order chi connectivity index (χ0) is 20.1. The van der Waals surface area contributed by atoms with Crippen LogP contribution in [0.4, 0.5) is 0 Å². The van der Waals surface area contributed by atoms with E-state index in [0.717, 1.165) is 58.2 Å². The average molecular weight is 428 g/mol. The molecule has 2 heterocycles. The Morgan fingerprint density at radius 3 is 2.46 bits per heavy atom. The van der Waals surface area contributed by atoms with Gasteiger partial charge in [0.2, 0.25) is 10.0 Å². The molecule has 3 rings (SSSR count). The number of hydrogen-bond acceptors (Lipinski definition) is 4. The highest BCUT2D eigenvalue weighted by molar-refractivity contribution is 7.89. The molecule has 1 aromatic rings. The van der Waals surface area contributed by atoms with Crippen LogP contribution >= 0.6 is 11.6 Å². The molecule has 0 unspecified atom stereocenters. The Morgan fingerprint density at radius 2 is 1.82 bits per heavy atom. The first-order chi connectivity index (χ1) is 13.4. The van der Waals surface area contributed by atoms with Crippen LogP contribution in [0, 0.1) is 0 Å². The van der Waals surface area contributed by atoms with Crippen molar-refractivity contribution in [3.63, 3.8) is 0 Å². The largest absolute Gasteiger partial charge is 0.349 e. The van der Waals surface area contributed by atoms with Crippen molar-refractivity contribution < 1.29 is 13.2 Å². The van der Waals surface area contributed by atoms with Crippen LogP contribution in [0.2, 0.25) is 5.02 Å². The Morgan fingerprint density at radius 1 is 1.14 bits per heavy atom. The van der Waals surface area contributed by atoms with Crippen LogP contribution in [-0.4, -0.2) is 62.3 Å². The molecule has 1 aromatic carbocycles. The van der Waals surface area contributed by atoms with E-state index in [1.54, 1.807) is 6.07 Å². The maximum atomic E-state index is 13.0. The second-order valence-electron chi connectivity index (χ2n) is 7.70. The molecule has 1 N–H and O–H groups in total. The molecule has 0 aromatic heterocycles. The number of piperidine rings is 2. The summed E-state index contributed by atoms with van der Waals surface area (Å²) >= 11 is 6.20. The minimum absolute atomic E-state index is 0.0291. The zero-order valence-electron chi connectivity index (χ0n) is 16.5. The van der Waals surface area contributed by atoms with Gasteiger partial charge in [-0.3, -0.25) is 4.79 Å². The van der Waals surface area contributed by atoms with Gasteiger partial charge in [0.15, 0.2) is 0 Å². The van der Waals surface area contributed by atoms with Crippen molar-refractivity contribution in [1.82, 2.24) is 14.5 Å². The molecule has 28 heavy (non-hydrogen) atoms. The molecule has 0 saturated carbocycles. The van der Waals surface area contributed by atoms with E-state index in [1.807, 2.05) is 0 Å². The molecule has 2 fully saturated rings. The summed E-state index contributed by atoms with van der Waals surface area (Å²) in [5.41, 5.74) is 0.343. The van der Waals surface area contributed by atoms with Crippen LogP contribution in [-0.2, 0) is 10.0 Å². The van der Waals surface area contributed by atoms with E-state index in [2.05, 4.69) is 17.1 Å². The maximum Gasteiger partial charge on any atom is 0.251 e. The number of hydrogen-bond donors (Lipinski definition) is 1. The summed E-state index contributed by atoms with van der Waals surface area (Å²) < 4.78 is 27.4. The number of amides is 1. The molecule has 2 aliphatic rings. The molecule has 2 saturated heterocycles. The lowest BCUT2D eigenvalue weighted by molar-refractivity contribution is 0.0911. The van der Waals surface area contributed by atoms with E-state index >= 15 is 0 Å². The molecule has 2 aliphatic heterocycles. The Kier molecular flexibility index (Phi) is 7.36. The van der Waals surface area contributed by atoms with Crippen molar-refractivity contribution in [3.8, 4) is 0 Å². The lowest BCUT2D eigenvalue weighted by Gasteiger charge is -2.32. The van der Waals surface area contributed by atoms with Crippen LogP contribution < -0.4 is 5.32 Å². The molecule has 156 valence electrons. The lowest BCUT2D eigenvalue weighted by atomic mass is 10.0. The summed E-state index contributed by atoms with van der Waals surface area (Å²) in [6.07, 6.45) is 5.72.